The summed E-state index contributed by atoms with van der Waals surface area (Å²) in [6, 6.07) is 12.2. The van der Waals surface area contributed by atoms with Crippen molar-refractivity contribution in [1.82, 2.24) is 9.55 Å². The number of fused-ring (bicyclic) bond motifs is 1. The fraction of sp³-hybridized carbons (Fsp3) is 0.188. The molecule has 0 radical (unpaired) electrons. The van der Waals surface area contributed by atoms with Crippen molar-refractivity contribution in [3.63, 3.8) is 0 Å². The molecule has 0 N–H and O–H groups in total. The largest absolute Gasteiger partial charge is 0.573 e. The molecule has 5 nitrogen and oxygen atoms in total. The van der Waals surface area contributed by atoms with Crippen LogP contribution >= 0.6 is 0 Å². The second kappa shape index (κ2) is 6.07. The Hall–Kier alpha value is -2.55. The van der Waals surface area contributed by atoms with Crippen LogP contribution in [0.1, 0.15) is 5.56 Å². The Bertz CT molecular complexity index is 1010. The Labute approximate surface area is 141 Å². The fourth-order valence-corrected chi connectivity index (χ4v) is 3.30. The number of para-hydroxylation sites is 2. The Balaban J connectivity index is 1.98. The van der Waals surface area contributed by atoms with Crippen LogP contribution in [0.4, 0.5) is 13.2 Å². The molecule has 9 heteroatoms. The monoisotopic (exact) mass is 370 g/mol. The van der Waals surface area contributed by atoms with Gasteiger partial charge in [0.1, 0.15) is 5.75 Å². The second-order valence-electron chi connectivity index (χ2n) is 5.43. The molecular formula is C16H13F3N2O3S. The number of sulfone groups is 1. The first-order chi connectivity index (χ1) is 11.6. The van der Waals surface area contributed by atoms with Crippen molar-refractivity contribution in [2.75, 3.05) is 6.26 Å². The van der Waals surface area contributed by atoms with Crippen LogP contribution < -0.4 is 4.74 Å². The highest BCUT2D eigenvalue weighted by Gasteiger charge is 2.31. The maximum atomic E-state index is 12.2. The second-order valence-corrected chi connectivity index (χ2v) is 7.34. The highest BCUT2D eigenvalue weighted by atomic mass is 32.2. The first kappa shape index (κ1) is 17.3. The average molecular weight is 370 g/mol. The summed E-state index contributed by atoms with van der Waals surface area (Å²) in [6.07, 6.45) is -3.70. The van der Waals surface area contributed by atoms with Gasteiger partial charge in [-0.05, 0) is 29.8 Å². The van der Waals surface area contributed by atoms with Crippen LogP contribution in [0.15, 0.2) is 53.7 Å². The number of aromatic nitrogens is 2. The van der Waals surface area contributed by atoms with Gasteiger partial charge in [0.25, 0.3) is 0 Å². The summed E-state index contributed by atoms with van der Waals surface area (Å²) in [4.78, 5) is 4.15. The maximum absolute atomic E-state index is 12.2. The number of nitrogens with zero attached hydrogens (tertiary/aromatic N) is 2. The van der Waals surface area contributed by atoms with E-state index < -0.39 is 16.2 Å². The van der Waals surface area contributed by atoms with Gasteiger partial charge >= 0.3 is 6.36 Å². The molecule has 0 spiro atoms. The van der Waals surface area contributed by atoms with Crippen LogP contribution in [0.25, 0.3) is 11.0 Å². The summed E-state index contributed by atoms with van der Waals surface area (Å²) < 4.78 is 65.9. The molecule has 1 heterocycles. The standard InChI is InChI=1S/C16H13F3N2O3S/c1-25(22,23)15-20-13-4-2-3-5-14(13)21(15)10-11-6-8-12(9-7-11)24-16(17,18)19/h2-9H,10H2,1H3. The summed E-state index contributed by atoms with van der Waals surface area (Å²) >= 11 is 0. The van der Waals surface area contributed by atoms with E-state index in [1.807, 2.05) is 0 Å². The lowest BCUT2D eigenvalue weighted by molar-refractivity contribution is -0.274. The van der Waals surface area contributed by atoms with Crippen molar-refractivity contribution in [3.05, 3.63) is 54.1 Å². The number of rotatable bonds is 4. The molecule has 0 aliphatic heterocycles. The molecule has 0 saturated heterocycles. The van der Waals surface area contributed by atoms with Crippen LogP contribution in [0.2, 0.25) is 0 Å². The molecule has 0 atom stereocenters. The summed E-state index contributed by atoms with van der Waals surface area (Å²) in [5, 5.41) is -0.0932. The lowest BCUT2D eigenvalue weighted by Gasteiger charge is -2.11. The predicted octanol–water partition coefficient (Wildman–Crippen LogP) is 3.39. The molecule has 3 aromatic rings. The van der Waals surface area contributed by atoms with Crippen LogP contribution in [-0.2, 0) is 16.4 Å². The Morgan fingerprint density at radius 2 is 1.72 bits per heavy atom. The van der Waals surface area contributed by atoms with Gasteiger partial charge in [-0.25, -0.2) is 13.4 Å². The third-order valence-electron chi connectivity index (χ3n) is 3.45. The van der Waals surface area contributed by atoms with E-state index in [0.717, 1.165) is 6.26 Å². The van der Waals surface area contributed by atoms with Gasteiger partial charge < -0.3 is 9.30 Å². The minimum Gasteiger partial charge on any atom is -0.406 e. The number of ether oxygens (including phenoxy) is 1. The molecule has 25 heavy (non-hydrogen) atoms. The number of benzene rings is 2. The number of alkyl halides is 3. The third-order valence-corrected chi connectivity index (χ3v) is 4.42. The number of hydrogen-bond acceptors (Lipinski definition) is 4. The highest BCUT2D eigenvalue weighted by Crippen LogP contribution is 2.25. The molecule has 0 fully saturated rings. The smallest absolute Gasteiger partial charge is 0.406 e. The van der Waals surface area contributed by atoms with Crippen molar-refractivity contribution in [1.29, 1.82) is 0 Å². The van der Waals surface area contributed by atoms with Gasteiger partial charge in [-0.3, -0.25) is 0 Å². The molecule has 0 bridgehead atoms. The zero-order chi connectivity index (χ0) is 18.2. The van der Waals surface area contributed by atoms with E-state index >= 15 is 0 Å². The van der Waals surface area contributed by atoms with E-state index in [0.29, 0.717) is 16.6 Å². The van der Waals surface area contributed by atoms with Gasteiger partial charge in [0, 0.05) is 6.26 Å². The zero-order valence-electron chi connectivity index (χ0n) is 13.0. The first-order valence-electron chi connectivity index (χ1n) is 7.13. The van der Waals surface area contributed by atoms with Gasteiger partial charge in [0.15, 0.2) is 0 Å². The van der Waals surface area contributed by atoms with Gasteiger partial charge in [0.2, 0.25) is 15.0 Å². The lowest BCUT2D eigenvalue weighted by Crippen LogP contribution is -2.17. The van der Waals surface area contributed by atoms with E-state index in [9.17, 15) is 21.6 Å². The van der Waals surface area contributed by atoms with Crippen LogP contribution in [0.3, 0.4) is 0 Å². The van der Waals surface area contributed by atoms with Gasteiger partial charge in [-0.15, -0.1) is 13.2 Å². The van der Waals surface area contributed by atoms with Crippen molar-refractivity contribution in [2.45, 2.75) is 18.1 Å². The van der Waals surface area contributed by atoms with Crippen LogP contribution in [-0.4, -0.2) is 30.6 Å². The van der Waals surface area contributed by atoms with Crippen LogP contribution in [0, 0.1) is 0 Å². The van der Waals surface area contributed by atoms with Gasteiger partial charge in [0.05, 0.1) is 17.6 Å². The minimum absolute atomic E-state index is 0.0932. The molecule has 0 amide bonds. The lowest BCUT2D eigenvalue weighted by atomic mass is 10.2. The quantitative estimate of drug-likeness (QED) is 0.706. The van der Waals surface area contributed by atoms with E-state index in [1.165, 1.54) is 28.8 Å². The summed E-state index contributed by atoms with van der Waals surface area (Å²) in [6.45, 7) is 0.148. The SMILES string of the molecule is CS(=O)(=O)c1nc2ccccc2n1Cc1ccc(OC(F)(F)F)cc1. The van der Waals surface area contributed by atoms with Gasteiger partial charge in [-0.2, -0.15) is 0 Å². The van der Waals surface area contributed by atoms with Gasteiger partial charge in [-0.1, -0.05) is 24.3 Å². The van der Waals surface area contributed by atoms with Crippen LogP contribution in [0.5, 0.6) is 5.75 Å². The summed E-state index contributed by atoms with van der Waals surface area (Å²) in [5.41, 5.74) is 1.76. The Morgan fingerprint density at radius 1 is 1.08 bits per heavy atom. The minimum atomic E-state index is -4.76. The van der Waals surface area contributed by atoms with E-state index in [4.69, 9.17) is 0 Å². The number of halogens is 3. The molecule has 0 unspecified atom stereocenters. The molecule has 0 aliphatic carbocycles. The zero-order valence-corrected chi connectivity index (χ0v) is 13.8. The topological polar surface area (TPSA) is 61.2 Å². The number of imidazole rings is 1. The normalized spacial score (nSPS) is 12.5. The molecule has 1 aromatic heterocycles. The van der Waals surface area contributed by atoms with E-state index in [-0.39, 0.29) is 17.5 Å². The average Bonchev–Trinajstić information content (AvgIpc) is 2.87. The van der Waals surface area contributed by atoms with Crippen molar-refractivity contribution in [3.8, 4) is 5.75 Å². The fourth-order valence-electron chi connectivity index (χ4n) is 2.47. The first-order valence-corrected chi connectivity index (χ1v) is 9.03. The maximum Gasteiger partial charge on any atom is 0.573 e. The van der Waals surface area contributed by atoms with Crippen molar-refractivity contribution >= 4 is 20.9 Å². The van der Waals surface area contributed by atoms with Crippen molar-refractivity contribution < 1.29 is 26.3 Å². The molecule has 132 valence electrons. The highest BCUT2D eigenvalue weighted by molar-refractivity contribution is 7.90. The summed E-state index contributed by atoms with van der Waals surface area (Å²) in [5.74, 6) is -0.338. The van der Waals surface area contributed by atoms with Crippen molar-refractivity contribution in [2.24, 2.45) is 0 Å². The predicted molar refractivity (Wildman–Crippen MR) is 85.1 cm³/mol. The molecule has 0 aliphatic rings. The van der Waals surface area contributed by atoms with E-state index in [2.05, 4.69) is 9.72 Å². The Kier molecular flexibility index (Phi) is 4.19. The Morgan fingerprint density at radius 3 is 2.32 bits per heavy atom. The summed E-state index contributed by atoms with van der Waals surface area (Å²) in [7, 11) is -3.57. The molecule has 3 rings (SSSR count). The third kappa shape index (κ3) is 3.93. The number of hydrogen-bond donors (Lipinski definition) is 0. The molecular weight excluding hydrogens is 357 g/mol. The van der Waals surface area contributed by atoms with E-state index in [1.54, 1.807) is 24.3 Å². The molecule has 2 aromatic carbocycles. The molecule has 0 saturated carbocycles.